The Morgan fingerprint density at radius 2 is 1.86 bits per heavy atom. The Hall–Kier alpha value is -4.99. The Kier molecular flexibility index (Phi) is 8.85. The van der Waals surface area contributed by atoms with Crippen molar-refractivity contribution in [2.75, 3.05) is 11.5 Å². The van der Waals surface area contributed by atoms with E-state index in [1.807, 2.05) is 32.1 Å². The van der Waals surface area contributed by atoms with E-state index in [1.54, 1.807) is 48.5 Å². The summed E-state index contributed by atoms with van der Waals surface area (Å²) in [6.45, 7) is 10.4. The summed E-state index contributed by atoms with van der Waals surface area (Å²) in [7, 11) is 0. The van der Waals surface area contributed by atoms with E-state index in [9.17, 15) is 9.59 Å². The van der Waals surface area contributed by atoms with Crippen LogP contribution >= 0.6 is 0 Å². The van der Waals surface area contributed by atoms with Crippen molar-refractivity contribution < 1.29 is 18.4 Å². The maximum absolute atomic E-state index is 15.8. The highest BCUT2D eigenvalue weighted by Gasteiger charge is 2.36. The number of carbonyl (C=O) groups excluding carboxylic acids is 1. The van der Waals surface area contributed by atoms with Gasteiger partial charge in [-0.3, -0.25) is 19.2 Å². The van der Waals surface area contributed by atoms with Gasteiger partial charge in [0, 0.05) is 23.8 Å². The first kappa shape index (κ1) is 29.5. The van der Waals surface area contributed by atoms with Crippen molar-refractivity contribution in [3.63, 3.8) is 0 Å². The van der Waals surface area contributed by atoms with E-state index in [1.165, 1.54) is 11.0 Å². The molecule has 222 valence electrons. The van der Waals surface area contributed by atoms with E-state index >= 15 is 4.39 Å². The number of carbonyl (C=O) groups is 1. The van der Waals surface area contributed by atoms with Gasteiger partial charge in [-0.05, 0) is 80.1 Å². The summed E-state index contributed by atoms with van der Waals surface area (Å²) >= 11 is 0. The van der Waals surface area contributed by atoms with E-state index in [2.05, 4.69) is 26.3 Å². The number of allylic oxidation sites excluding steroid dienone is 5. The van der Waals surface area contributed by atoms with Crippen LogP contribution in [0.15, 0.2) is 92.7 Å². The van der Waals surface area contributed by atoms with Gasteiger partial charge in [0.25, 0.3) is 5.91 Å². The average molecular weight is 584 g/mol. The minimum atomic E-state index is -0.654. The second kappa shape index (κ2) is 12.9. The molecular weight excluding hydrogens is 549 g/mol. The molecule has 0 fully saturated rings. The smallest absolute Gasteiger partial charge is 0.439 e. The average Bonchev–Trinajstić information content (AvgIpc) is 3.45. The number of hydrogen-bond donors (Lipinski definition) is 1. The molecule has 0 saturated heterocycles. The monoisotopic (exact) mass is 583 g/mol. The number of H-pyrrole nitrogens is 1. The molecule has 1 N–H and O–H groups in total. The van der Waals surface area contributed by atoms with Crippen molar-refractivity contribution >= 4 is 29.0 Å². The van der Waals surface area contributed by atoms with E-state index in [0.717, 1.165) is 24.8 Å². The second-order valence-electron chi connectivity index (χ2n) is 10.1. The first-order valence-corrected chi connectivity index (χ1v) is 14.4. The van der Waals surface area contributed by atoms with Crippen molar-refractivity contribution in [2.24, 2.45) is 5.10 Å². The lowest BCUT2D eigenvalue weighted by Crippen LogP contribution is -2.44. The zero-order valence-electron chi connectivity index (χ0n) is 24.5. The molecule has 1 aromatic heterocycles. The molecule has 0 atom stereocenters. The zero-order chi connectivity index (χ0) is 30.5. The number of amides is 1. The van der Waals surface area contributed by atoms with Crippen molar-refractivity contribution in [3.05, 3.63) is 112 Å². The summed E-state index contributed by atoms with van der Waals surface area (Å²) in [6.07, 6.45) is 8.49. The molecule has 2 heterocycles. The third kappa shape index (κ3) is 5.99. The van der Waals surface area contributed by atoms with E-state index in [-0.39, 0.29) is 12.3 Å². The summed E-state index contributed by atoms with van der Waals surface area (Å²) in [5, 5.41) is 10.0. The minimum Gasteiger partial charge on any atom is -0.494 e. The number of benzene rings is 2. The fourth-order valence-corrected chi connectivity index (χ4v) is 5.37. The Labute approximate surface area is 249 Å². The lowest BCUT2D eigenvalue weighted by atomic mass is 9.90. The number of anilines is 1. The van der Waals surface area contributed by atoms with Crippen molar-refractivity contribution in [1.82, 2.24) is 15.1 Å². The fourth-order valence-electron chi connectivity index (χ4n) is 5.37. The molecule has 0 radical (unpaired) electrons. The van der Waals surface area contributed by atoms with Crippen LogP contribution in [0, 0.1) is 5.82 Å². The molecule has 0 spiro atoms. The highest BCUT2D eigenvalue weighted by molar-refractivity contribution is 6.09. The molecule has 0 saturated carbocycles. The quantitative estimate of drug-likeness (QED) is 0.270. The first-order chi connectivity index (χ1) is 20.9. The lowest BCUT2D eigenvalue weighted by molar-refractivity contribution is -0.115. The van der Waals surface area contributed by atoms with Gasteiger partial charge in [-0.1, -0.05) is 49.4 Å². The Morgan fingerprint density at radius 1 is 1.12 bits per heavy atom. The summed E-state index contributed by atoms with van der Waals surface area (Å²) in [5.74, 6) is 0.00226. The van der Waals surface area contributed by atoms with Gasteiger partial charge in [0.2, 0.25) is 0 Å². The molecule has 2 aromatic carbocycles. The minimum absolute atomic E-state index is 0.0647. The summed E-state index contributed by atoms with van der Waals surface area (Å²) in [6, 6.07) is 12.2. The van der Waals surface area contributed by atoms with Crippen molar-refractivity contribution in [2.45, 2.75) is 52.9 Å². The molecule has 3 aromatic rings. The fraction of sp³-hybridized carbons (Fsp3) is 0.273. The summed E-state index contributed by atoms with van der Waals surface area (Å²) < 4.78 is 26.1. The predicted molar refractivity (Wildman–Crippen MR) is 165 cm³/mol. The molecule has 1 aliphatic carbocycles. The van der Waals surface area contributed by atoms with E-state index in [0.29, 0.717) is 64.1 Å². The second-order valence-corrected chi connectivity index (χ2v) is 10.1. The molecule has 2 aliphatic rings. The van der Waals surface area contributed by atoms with Gasteiger partial charge in [0.15, 0.2) is 5.82 Å². The van der Waals surface area contributed by atoms with Crippen LogP contribution in [0.3, 0.4) is 0 Å². The third-order valence-electron chi connectivity index (χ3n) is 7.27. The van der Waals surface area contributed by atoms with E-state index < -0.39 is 11.6 Å². The van der Waals surface area contributed by atoms with Crippen LogP contribution in [0.2, 0.25) is 0 Å². The van der Waals surface area contributed by atoms with Crippen LogP contribution in [-0.2, 0) is 11.2 Å². The number of halogens is 1. The third-order valence-corrected chi connectivity index (χ3v) is 7.27. The van der Waals surface area contributed by atoms with E-state index in [4.69, 9.17) is 4.74 Å². The Balaban J connectivity index is 1.51. The van der Waals surface area contributed by atoms with Gasteiger partial charge in [-0.25, -0.2) is 14.2 Å². The number of rotatable bonds is 10. The van der Waals surface area contributed by atoms with Gasteiger partial charge in [0.05, 0.1) is 18.0 Å². The Bertz CT molecular complexity index is 1710. The summed E-state index contributed by atoms with van der Waals surface area (Å²) in [5.41, 5.74) is 4.18. The topological polar surface area (TPSA) is 104 Å². The van der Waals surface area contributed by atoms with Crippen LogP contribution in [0.4, 0.5) is 10.1 Å². The SMILES string of the molecule is C=C1N(/N=C\C)C(CCC)=C(Cc2ccc(C3=CCCC=C3c3noc(=O)[nH]3)cc2F)C(=O)N1c1ccc(OCC)cc1. The standard InChI is InChI=1S/C33H34FN5O4/c1-5-10-30-28(32(40)38(21(4)39(30)35-6-2)24-15-17-25(18-16-24)42-7-3)19-23-14-13-22(20-29(23)34)26-11-8-9-12-27(26)31-36-33(41)43-37-31/h6,11-18,20H,4-5,7-10,19H2,1-3H3,(H,36,37,41)/b35-6-. The van der Waals surface area contributed by atoms with Crippen molar-refractivity contribution in [3.8, 4) is 5.75 Å². The maximum atomic E-state index is 15.8. The Morgan fingerprint density at radius 3 is 2.49 bits per heavy atom. The van der Waals surface area contributed by atoms with Crippen LogP contribution in [0.5, 0.6) is 5.75 Å². The highest BCUT2D eigenvalue weighted by Crippen LogP contribution is 2.38. The number of hydrazone groups is 1. The molecule has 1 amide bonds. The zero-order valence-corrected chi connectivity index (χ0v) is 24.5. The number of hydrogen-bond acceptors (Lipinski definition) is 7. The number of aromatic amines is 1. The lowest BCUT2D eigenvalue weighted by Gasteiger charge is -2.38. The van der Waals surface area contributed by atoms with Crippen molar-refractivity contribution in [1.29, 1.82) is 0 Å². The predicted octanol–water partition coefficient (Wildman–Crippen LogP) is 6.58. The van der Waals surface area contributed by atoms with Crippen LogP contribution in [0.25, 0.3) is 11.1 Å². The highest BCUT2D eigenvalue weighted by atomic mass is 19.1. The molecule has 10 heteroatoms. The normalized spacial score (nSPS) is 15.8. The van der Waals surface area contributed by atoms with Crippen LogP contribution < -0.4 is 15.4 Å². The van der Waals surface area contributed by atoms with Crippen LogP contribution in [0.1, 0.15) is 63.4 Å². The molecule has 0 bridgehead atoms. The van der Waals surface area contributed by atoms with Gasteiger partial charge < -0.3 is 4.74 Å². The molecule has 43 heavy (non-hydrogen) atoms. The molecule has 5 rings (SSSR count). The summed E-state index contributed by atoms with van der Waals surface area (Å²) in [4.78, 5) is 29.8. The van der Waals surface area contributed by atoms with Gasteiger partial charge >= 0.3 is 5.76 Å². The molecular formula is C33H34FN5O4. The largest absolute Gasteiger partial charge is 0.494 e. The first-order valence-electron chi connectivity index (χ1n) is 14.4. The maximum Gasteiger partial charge on any atom is 0.439 e. The van der Waals surface area contributed by atoms with Gasteiger partial charge in [-0.15, -0.1) is 0 Å². The molecule has 1 aliphatic heterocycles. The van der Waals surface area contributed by atoms with Crippen LogP contribution in [-0.4, -0.2) is 33.9 Å². The molecule has 9 nitrogen and oxygen atoms in total. The molecule has 0 unspecified atom stereocenters. The van der Waals surface area contributed by atoms with Gasteiger partial charge in [0.1, 0.15) is 17.4 Å². The number of nitrogens with one attached hydrogen (secondary N) is 1. The number of nitrogens with zero attached hydrogens (tertiary/aromatic N) is 4. The van der Waals surface area contributed by atoms with Gasteiger partial charge in [-0.2, -0.15) is 5.10 Å². The number of aromatic nitrogens is 2. The number of ether oxygens (including phenoxy) is 1.